The number of aromatic nitrogens is 4. The number of ether oxygens (including phenoxy) is 1. The average molecular weight is 534 g/mol. The Kier molecular flexibility index (Phi) is 7.88. The van der Waals surface area contributed by atoms with Crippen molar-refractivity contribution in [3.05, 3.63) is 55.1 Å². The largest absolute Gasteiger partial charge is 0.465 e. The van der Waals surface area contributed by atoms with E-state index < -0.39 is 50.6 Å². The summed E-state index contributed by atoms with van der Waals surface area (Å²) in [6, 6.07) is 6.11. The molecule has 12 nitrogen and oxygen atoms in total. The van der Waals surface area contributed by atoms with Crippen LogP contribution in [0.1, 0.15) is 19.9 Å². The number of anilines is 1. The Hall–Kier alpha value is -3.38. The van der Waals surface area contributed by atoms with Crippen molar-refractivity contribution in [2.24, 2.45) is 5.92 Å². The highest BCUT2D eigenvalue weighted by molar-refractivity contribution is 7.52. The van der Waals surface area contributed by atoms with E-state index in [0.29, 0.717) is 0 Å². The number of hydrogen-bond acceptors (Lipinski definition) is 10. The van der Waals surface area contributed by atoms with Crippen LogP contribution in [0.3, 0.4) is 0 Å². The van der Waals surface area contributed by atoms with Gasteiger partial charge in [0.2, 0.25) is 0 Å². The van der Waals surface area contributed by atoms with Crippen LogP contribution in [0.2, 0.25) is 0 Å². The molecule has 0 saturated heterocycles. The van der Waals surface area contributed by atoms with Crippen LogP contribution in [-0.2, 0) is 18.6 Å². The number of benzene rings is 1. The predicted octanol–water partition coefficient (Wildman–Crippen LogP) is 2.58. The molecule has 14 heteroatoms. The zero-order valence-corrected chi connectivity index (χ0v) is 21.1. The first-order valence-electron chi connectivity index (χ1n) is 11.5. The summed E-state index contributed by atoms with van der Waals surface area (Å²) in [5.74, 6) is -1.29. The van der Waals surface area contributed by atoms with Crippen molar-refractivity contribution in [2.45, 2.75) is 38.2 Å². The molecule has 37 heavy (non-hydrogen) atoms. The van der Waals surface area contributed by atoms with Crippen molar-refractivity contribution in [1.82, 2.24) is 24.6 Å². The lowest BCUT2D eigenvalue weighted by molar-refractivity contribution is -0.144. The molecule has 4 rings (SSSR count). The molecule has 0 bridgehead atoms. The topological polar surface area (TPSA) is 164 Å². The Labute approximate surface area is 212 Å². The van der Waals surface area contributed by atoms with Crippen LogP contribution < -0.4 is 15.3 Å². The van der Waals surface area contributed by atoms with Gasteiger partial charge >= 0.3 is 13.7 Å². The molecule has 3 aromatic rings. The van der Waals surface area contributed by atoms with Gasteiger partial charge in [-0.1, -0.05) is 24.8 Å². The van der Waals surface area contributed by atoms with E-state index in [1.165, 1.54) is 24.1 Å². The van der Waals surface area contributed by atoms with Gasteiger partial charge in [0.1, 0.15) is 23.6 Å². The van der Waals surface area contributed by atoms with Gasteiger partial charge in [-0.3, -0.25) is 9.32 Å². The van der Waals surface area contributed by atoms with Crippen LogP contribution in [0.25, 0.3) is 11.2 Å². The van der Waals surface area contributed by atoms with Crippen molar-refractivity contribution >= 4 is 30.7 Å². The fraction of sp³-hybridized carbons (Fsp3) is 0.391. The molecule has 1 aliphatic rings. The zero-order chi connectivity index (χ0) is 26.7. The van der Waals surface area contributed by atoms with E-state index in [-0.39, 0.29) is 34.9 Å². The van der Waals surface area contributed by atoms with E-state index in [0.717, 1.165) is 0 Å². The quantitative estimate of drug-likeness (QED) is 0.199. The highest BCUT2D eigenvalue weighted by atomic mass is 31.2. The average Bonchev–Trinajstić information content (AvgIpc) is 3.37. The second-order valence-corrected chi connectivity index (χ2v) is 10.1. The summed E-state index contributed by atoms with van der Waals surface area (Å²) in [4.78, 5) is 24.3. The maximum atomic E-state index is 15.4. The number of para-hydroxylation sites is 1. The van der Waals surface area contributed by atoms with Gasteiger partial charge < -0.3 is 24.7 Å². The molecule has 1 fully saturated rings. The van der Waals surface area contributed by atoms with E-state index >= 15 is 4.39 Å². The van der Waals surface area contributed by atoms with E-state index in [9.17, 15) is 14.5 Å². The zero-order valence-electron chi connectivity index (χ0n) is 20.2. The molecule has 1 aliphatic carbocycles. The number of imidazole rings is 1. The van der Waals surface area contributed by atoms with Crippen LogP contribution in [-0.4, -0.2) is 62.1 Å². The summed E-state index contributed by atoms with van der Waals surface area (Å²) in [6.45, 7) is 6.76. The Morgan fingerprint density at radius 2 is 2.05 bits per heavy atom. The third-order valence-corrected chi connectivity index (χ3v) is 7.61. The van der Waals surface area contributed by atoms with Gasteiger partial charge in [-0.2, -0.15) is 5.09 Å². The number of aliphatic hydroxyl groups is 1. The van der Waals surface area contributed by atoms with Crippen molar-refractivity contribution < 1.29 is 32.6 Å². The Morgan fingerprint density at radius 1 is 1.32 bits per heavy atom. The Balaban J connectivity index is 1.55. The van der Waals surface area contributed by atoms with Crippen LogP contribution in [0.5, 0.6) is 5.75 Å². The molecule has 1 aromatic carbocycles. The number of rotatable bonds is 10. The molecule has 2 heterocycles. The minimum atomic E-state index is -4.21. The fourth-order valence-corrected chi connectivity index (χ4v) is 5.62. The maximum absolute atomic E-state index is 15.4. The van der Waals surface area contributed by atoms with Gasteiger partial charge in [0.15, 0.2) is 17.6 Å². The van der Waals surface area contributed by atoms with Gasteiger partial charge in [0.05, 0.1) is 31.7 Å². The number of carbonyl (C=O) groups is 1. The van der Waals surface area contributed by atoms with Crippen LogP contribution >= 0.6 is 7.75 Å². The number of nitrogens with one attached hydrogen (secondary N) is 1. The Morgan fingerprint density at radius 3 is 2.76 bits per heavy atom. The number of fused-ring (bicyclic) bond motifs is 1. The summed E-state index contributed by atoms with van der Waals surface area (Å²) < 4.78 is 46.6. The summed E-state index contributed by atoms with van der Waals surface area (Å²) in [5.41, 5.74) is 6.66. The Bertz CT molecular complexity index is 1320. The van der Waals surface area contributed by atoms with Crippen LogP contribution in [0.4, 0.5) is 10.2 Å². The lowest BCUT2D eigenvalue weighted by Gasteiger charge is -2.25. The predicted molar refractivity (Wildman–Crippen MR) is 132 cm³/mol. The first-order chi connectivity index (χ1) is 17.6. The molecule has 198 valence electrons. The maximum Gasteiger partial charge on any atom is 0.459 e. The molecule has 0 aliphatic heterocycles. The fourth-order valence-electron chi connectivity index (χ4n) is 4.11. The standard InChI is InChI=1S/C23H28FN6O6P/c1-4-34-23(32)14(3)29-37(33,36-15-8-6-5-7-9-15)35-10-16-13(2)19(17(24)20(16)31)30-12-28-18-21(25)26-11-27-22(18)30/h5-9,11-12,14,16-17,19-20,31H,2,4,10H2,1,3H3,(H,29,33)(H2,25,26,27)/t14-,16+,17?,19-,20+,37?/m1/s1. The molecule has 0 radical (unpaired) electrons. The summed E-state index contributed by atoms with van der Waals surface area (Å²) in [6.07, 6.45) is -0.761. The number of alkyl halides is 1. The number of aliphatic hydroxyl groups excluding tert-OH is 1. The highest BCUT2D eigenvalue weighted by Crippen LogP contribution is 2.48. The number of nitrogens with two attached hydrogens (primary N) is 1. The number of halogens is 1. The van der Waals surface area contributed by atoms with Gasteiger partial charge in [0.25, 0.3) is 0 Å². The third kappa shape index (κ3) is 5.49. The number of esters is 1. The lowest BCUT2D eigenvalue weighted by Crippen LogP contribution is -2.36. The minimum Gasteiger partial charge on any atom is -0.465 e. The summed E-state index contributed by atoms with van der Waals surface area (Å²) >= 11 is 0. The van der Waals surface area contributed by atoms with Gasteiger partial charge in [-0.25, -0.2) is 23.9 Å². The molecule has 0 amide bonds. The second-order valence-electron chi connectivity index (χ2n) is 8.44. The first-order valence-corrected chi connectivity index (χ1v) is 13.1. The monoisotopic (exact) mass is 534 g/mol. The first kappa shape index (κ1) is 26.7. The second kappa shape index (κ2) is 10.9. The van der Waals surface area contributed by atoms with E-state index in [1.54, 1.807) is 37.3 Å². The van der Waals surface area contributed by atoms with Gasteiger partial charge in [-0.15, -0.1) is 0 Å². The number of nitrogen functional groups attached to an aromatic ring is 1. The summed E-state index contributed by atoms with van der Waals surface area (Å²) in [7, 11) is -4.21. The van der Waals surface area contributed by atoms with Crippen molar-refractivity contribution in [2.75, 3.05) is 18.9 Å². The highest BCUT2D eigenvalue weighted by Gasteiger charge is 2.48. The lowest BCUT2D eigenvalue weighted by atomic mass is 10.0. The van der Waals surface area contributed by atoms with E-state index in [4.69, 9.17) is 19.5 Å². The van der Waals surface area contributed by atoms with E-state index in [2.05, 4.69) is 26.6 Å². The molecule has 0 spiro atoms. The molecule has 2 aromatic heterocycles. The SMILES string of the molecule is C=C1[C@@H](n2cnc3c(N)ncnc32)C(F)[C@@H](O)[C@H]1COP(=O)(N[C@H](C)C(=O)OCC)Oc1ccccc1. The smallest absolute Gasteiger partial charge is 0.459 e. The molecule has 4 N–H and O–H groups in total. The van der Waals surface area contributed by atoms with Crippen LogP contribution in [0.15, 0.2) is 55.1 Å². The van der Waals surface area contributed by atoms with Gasteiger partial charge in [0, 0.05) is 5.92 Å². The molecular weight excluding hydrogens is 506 g/mol. The van der Waals surface area contributed by atoms with Crippen molar-refractivity contribution in [3.8, 4) is 5.75 Å². The minimum absolute atomic E-state index is 0.127. The number of hydrogen-bond donors (Lipinski definition) is 3. The molecule has 2 unspecified atom stereocenters. The summed E-state index contributed by atoms with van der Waals surface area (Å²) in [5, 5.41) is 13.3. The normalized spacial score (nSPS) is 24.1. The van der Waals surface area contributed by atoms with Crippen molar-refractivity contribution in [1.29, 1.82) is 0 Å². The number of carbonyl (C=O) groups excluding carboxylic acids is 1. The van der Waals surface area contributed by atoms with Gasteiger partial charge in [-0.05, 0) is 31.6 Å². The van der Waals surface area contributed by atoms with E-state index in [1.807, 2.05) is 0 Å². The molecular formula is C23H28FN6O6P. The van der Waals surface area contributed by atoms with Crippen LogP contribution in [0, 0.1) is 5.92 Å². The molecule has 6 atom stereocenters. The third-order valence-electron chi connectivity index (χ3n) is 5.97. The number of nitrogens with zero attached hydrogens (tertiary/aromatic N) is 4. The molecule has 1 saturated carbocycles. The van der Waals surface area contributed by atoms with Crippen molar-refractivity contribution in [3.63, 3.8) is 0 Å².